The monoisotopic (exact) mass is 417 g/mol. The maximum atomic E-state index is 12.2. The highest BCUT2D eigenvalue weighted by Gasteiger charge is 2.18. The Kier molecular flexibility index (Phi) is 6.22. The van der Waals surface area contributed by atoms with E-state index in [9.17, 15) is 4.79 Å². The first kappa shape index (κ1) is 16.9. The van der Waals surface area contributed by atoms with E-state index in [0.717, 1.165) is 33.3 Å². The number of hydrogen-bond acceptors (Lipinski definition) is 3. The zero-order chi connectivity index (χ0) is 15.4. The summed E-state index contributed by atoms with van der Waals surface area (Å²) in [5.41, 5.74) is 1.93. The Morgan fingerprint density at radius 3 is 2.67 bits per heavy atom. The summed E-state index contributed by atoms with van der Waals surface area (Å²) in [6, 6.07) is 4.50. The average Bonchev–Trinajstić information content (AvgIpc) is 2.86. The van der Waals surface area contributed by atoms with E-state index in [0.29, 0.717) is 12.6 Å². The molecule has 4 nitrogen and oxygen atoms in total. The van der Waals surface area contributed by atoms with Gasteiger partial charge in [0.15, 0.2) is 0 Å². The summed E-state index contributed by atoms with van der Waals surface area (Å²) in [5, 5.41) is 6.41. The molecule has 21 heavy (non-hydrogen) atoms. The van der Waals surface area contributed by atoms with Crippen LogP contribution in [0.4, 0.5) is 5.69 Å². The van der Waals surface area contributed by atoms with Gasteiger partial charge in [0.25, 0.3) is 0 Å². The molecule has 0 spiro atoms. The summed E-state index contributed by atoms with van der Waals surface area (Å²) in [7, 11) is 1.98. The van der Waals surface area contributed by atoms with Crippen molar-refractivity contribution < 1.29 is 4.79 Å². The summed E-state index contributed by atoms with van der Waals surface area (Å²) in [4.78, 5) is 14.2. The first-order valence-corrected chi connectivity index (χ1v) is 8.71. The number of benzene rings is 1. The van der Waals surface area contributed by atoms with Crippen molar-refractivity contribution in [2.24, 2.45) is 0 Å². The van der Waals surface area contributed by atoms with Gasteiger partial charge in [-0.2, -0.15) is 0 Å². The van der Waals surface area contributed by atoms with Crippen molar-refractivity contribution in [1.29, 1.82) is 0 Å². The number of amides is 1. The van der Waals surface area contributed by atoms with E-state index in [4.69, 9.17) is 0 Å². The Morgan fingerprint density at radius 2 is 2.10 bits per heavy atom. The minimum Gasteiger partial charge on any atom is -0.323 e. The van der Waals surface area contributed by atoms with Gasteiger partial charge >= 0.3 is 0 Å². The number of halogens is 2. The lowest BCUT2D eigenvalue weighted by atomic mass is 10.2. The molecular weight excluding hydrogens is 398 g/mol. The smallest absolute Gasteiger partial charge is 0.238 e. The summed E-state index contributed by atoms with van der Waals surface area (Å²) in [6.45, 7) is 4.41. The van der Waals surface area contributed by atoms with Crippen LogP contribution in [0.3, 0.4) is 0 Å². The third kappa shape index (κ3) is 5.06. The molecule has 0 aliphatic carbocycles. The zero-order valence-corrected chi connectivity index (χ0v) is 15.6. The average molecular weight is 419 g/mol. The standard InChI is InChI=1S/C15H21Br2N3O/c1-10-6-12(16)15(13(17)7-10)19-14(21)9-20(2)8-11-4-3-5-18-11/h6-7,11,18H,3-5,8-9H2,1-2H3,(H,19,21). The van der Waals surface area contributed by atoms with Crippen LogP contribution in [0.1, 0.15) is 18.4 Å². The van der Waals surface area contributed by atoms with Gasteiger partial charge in [0.2, 0.25) is 5.91 Å². The minimum absolute atomic E-state index is 0.000694. The number of carbonyl (C=O) groups is 1. The lowest BCUT2D eigenvalue weighted by Gasteiger charge is -2.21. The predicted octanol–water partition coefficient (Wildman–Crippen LogP) is 3.14. The SMILES string of the molecule is Cc1cc(Br)c(NC(=O)CN(C)CC2CCCN2)c(Br)c1. The first-order valence-electron chi connectivity index (χ1n) is 7.13. The van der Waals surface area contributed by atoms with Crippen LogP contribution in [0.2, 0.25) is 0 Å². The van der Waals surface area contributed by atoms with Crippen LogP contribution in [0, 0.1) is 6.92 Å². The predicted molar refractivity (Wildman–Crippen MR) is 93.7 cm³/mol. The highest BCUT2D eigenvalue weighted by atomic mass is 79.9. The van der Waals surface area contributed by atoms with Crippen molar-refractivity contribution in [1.82, 2.24) is 10.2 Å². The van der Waals surface area contributed by atoms with Crippen molar-refractivity contribution in [3.8, 4) is 0 Å². The van der Waals surface area contributed by atoms with Crippen molar-refractivity contribution in [2.75, 3.05) is 32.0 Å². The molecule has 1 amide bonds. The van der Waals surface area contributed by atoms with E-state index in [1.54, 1.807) is 0 Å². The van der Waals surface area contributed by atoms with Crippen LogP contribution in [-0.2, 0) is 4.79 Å². The fourth-order valence-corrected chi connectivity index (χ4v) is 4.21. The Hall–Kier alpha value is -0.430. The van der Waals surface area contributed by atoms with Crippen molar-refractivity contribution in [2.45, 2.75) is 25.8 Å². The van der Waals surface area contributed by atoms with E-state index >= 15 is 0 Å². The molecule has 6 heteroatoms. The lowest BCUT2D eigenvalue weighted by molar-refractivity contribution is -0.117. The molecule has 1 heterocycles. The topological polar surface area (TPSA) is 44.4 Å². The van der Waals surface area contributed by atoms with E-state index < -0.39 is 0 Å². The zero-order valence-electron chi connectivity index (χ0n) is 12.4. The minimum atomic E-state index is 0.000694. The van der Waals surface area contributed by atoms with E-state index in [1.165, 1.54) is 12.8 Å². The number of aryl methyl sites for hydroxylation is 1. The van der Waals surface area contributed by atoms with Gasteiger partial charge in [-0.15, -0.1) is 0 Å². The largest absolute Gasteiger partial charge is 0.323 e. The highest BCUT2D eigenvalue weighted by Crippen LogP contribution is 2.32. The molecule has 1 aromatic carbocycles. The Morgan fingerprint density at radius 1 is 1.43 bits per heavy atom. The van der Waals surface area contributed by atoms with Gasteiger partial charge in [0.1, 0.15) is 0 Å². The number of carbonyl (C=O) groups excluding carboxylic acids is 1. The summed E-state index contributed by atoms with van der Waals surface area (Å²) >= 11 is 6.99. The fourth-order valence-electron chi connectivity index (χ4n) is 2.60. The van der Waals surface area contributed by atoms with Crippen molar-refractivity contribution in [3.05, 3.63) is 26.6 Å². The molecule has 1 aliphatic heterocycles. The Balaban J connectivity index is 1.89. The first-order chi connectivity index (χ1) is 9.95. The van der Waals surface area contributed by atoms with Crippen LogP contribution in [0.5, 0.6) is 0 Å². The maximum Gasteiger partial charge on any atom is 0.238 e. The molecule has 1 aliphatic rings. The van der Waals surface area contributed by atoms with Crippen molar-refractivity contribution >= 4 is 43.5 Å². The quantitative estimate of drug-likeness (QED) is 0.771. The Bertz CT molecular complexity index is 493. The van der Waals surface area contributed by atoms with E-state index in [2.05, 4.69) is 47.4 Å². The molecule has 1 saturated heterocycles. The molecule has 2 rings (SSSR count). The molecule has 0 aromatic heterocycles. The van der Waals surface area contributed by atoms with Gasteiger partial charge in [-0.1, -0.05) is 0 Å². The Labute approximate surface area is 142 Å². The second-order valence-electron chi connectivity index (χ2n) is 5.64. The molecular formula is C15H21Br2N3O. The number of hydrogen-bond donors (Lipinski definition) is 2. The molecule has 2 N–H and O–H groups in total. The van der Waals surface area contributed by atoms with Crippen LogP contribution >= 0.6 is 31.9 Å². The lowest BCUT2D eigenvalue weighted by Crippen LogP contribution is -2.39. The van der Waals surface area contributed by atoms with Gasteiger partial charge in [-0.3, -0.25) is 9.69 Å². The molecule has 1 fully saturated rings. The molecule has 0 radical (unpaired) electrons. The molecule has 0 saturated carbocycles. The summed E-state index contributed by atoms with van der Waals surface area (Å²) in [5.74, 6) is 0.000694. The normalized spacial score (nSPS) is 18.2. The number of nitrogens with zero attached hydrogens (tertiary/aromatic N) is 1. The molecule has 1 aromatic rings. The van der Waals surface area contributed by atoms with Gasteiger partial charge < -0.3 is 10.6 Å². The van der Waals surface area contributed by atoms with Crippen LogP contribution in [0.15, 0.2) is 21.1 Å². The third-order valence-corrected chi connectivity index (χ3v) is 4.81. The number of nitrogens with one attached hydrogen (secondary N) is 2. The highest BCUT2D eigenvalue weighted by molar-refractivity contribution is 9.11. The summed E-state index contributed by atoms with van der Waals surface area (Å²) in [6.07, 6.45) is 2.43. The van der Waals surface area contributed by atoms with Gasteiger partial charge in [-0.25, -0.2) is 0 Å². The molecule has 1 unspecified atom stereocenters. The number of likely N-dealkylation sites (N-methyl/N-ethyl adjacent to an activating group) is 1. The van der Waals surface area contributed by atoms with Gasteiger partial charge in [-0.05, 0) is 82.9 Å². The van der Waals surface area contributed by atoms with E-state index in [1.807, 2.05) is 26.1 Å². The molecule has 116 valence electrons. The molecule has 1 atom stereocenters. The maximum absolute atomic E-state index is 12.2. The second kappa shape index (κ2) is 7.72. The van der Waals surface area contributed by atoms with Gasteiger partial charge in [0.05, 0.1) is 12.2 Å². The second-order valence-corrected chi connectivity index (χ2v) is 7.35. The van der Waals surface area contributed by atoms with Crippen LogP contribution in [0.25, 0.3) is 0 Å². The number of rotatable bonds is 5. The third-order valence-electron chi connectivity index (χ3n) is 3.56. The van der Waals surface area contributed by atoms with Gasteiger partial charge in [0, 0.05) is 21.5 Å². The van der Waals surface area contributed by atoms with E-state index in [-0.39, 0.29) is 5.91 Å². The summed E-state index contributed by atoms with van der Waals surface area (Å²) < 4.78 is 1.78. The van der Waals surface area contributed by atoms with Crippen molar-refractivity contribution in [3.63, 3.8) is 0 Å². The van der Waals surface area contributed by atoms with Crippen LogP contribution < -0.4 is 10.6 Å². The fraction of sp³-hybridized carbons (Fsp3) is 0.533. The number of anilines is 1. The molecule has 0 bridgehead atoms. The van der Waals surface area contributed by atoms with Crippen LogP contribution in [-0.4, -0.2) is 43.5 Å².